The maximum absolute atomic E-state index is 6.93. The molecule has 2 aliphatic heterocycles. The number of pyridine rings is 1. The third-order valence-electron chi connectivity index (χ3n) is 7.82. The van der Waals surface area contributed by atoms with Crippen molar-refractivity contribution in [3.05, 3.63) is 89.0 Å². The summed E-state index contributed by atoms with van der Waals surface area (Å²) in [4.78, 5) is 9.27. The highest BCUT2D eigenvalue weighted by atomic mass is 35.5. The Morgan fingerprint density at radius 2 is 1.79 bits per heavy atom. The lowest BCUT2D eigenvalue weighted by molar-refractivity contribution is 0.438. The molecule has 0 aliphatic carbocycles. The fraction of sp³-hybridized carbons (Fsp3) is 0.357. The number of aryl methyl sites for hydroxylation is 1. The molecule has 2 atom stereocenters. The average molecular weight is 547 g/mol. The summed E-state index contributed by atoms with van der Waals surface area (Å²) in [6, 6.07) is 14.3. The summed E-state index contributed by atoms with van der Waals surface area (Å²) in [6.45, 7) is 8.59. The minimum absolute atomic E-state index is 0.133. The van der Waals surface area contributed by atoms with Crippen LogP contribution in [0.4, 0.5) is 11.4 Å². The van der Waals surface area contributed by atoms with Crippen LogP contribution in [0.2, 0.25) is 5.02 Å². The molecule has 10 heteroatoms. The van der Waals surface area contributed by atoms with E-state index in [1.807, 2.05) is 29.1 Å². The smallest absolute Gasteiger partial charge is 0.174 e. The van der Waals surface area contributed by atoms with Gasteiger partial charge in [-0.15, -0.1) is 10.2 Å². The van der Waals surface area contributed by atoms with Crippen molar-refractivity contribution in [3.63, 3.8) is 0 Å². The van der Waals surface area contributed by atoms with E-state index in [0.29, 0.717) is 5.11 Å². The Balaban J connectivity index is 1.43. The van der Waals surface area contributed by atoms with Crippen molar-refractivity contribution in [2.45, 2.75) is 45.7 Å². The zero-order valence-corrected chi connectivity index (χ0v) is 23.3. The number of nitrogens with one attached hydrogen (secondary N) is 1. The summed E-state index contributed by atoms with van der Waals surface area (Å²) >= 11 is 12.9. The van der Waals surface area contributed by atoms with E-state index in [9.17, 15) is 0 Å². The molecule has 0 bridgehead atoms. The summed E-state index contributed by atoms with van der Waals surface area (Å²) in [6.07, 6.45) is 7.61. The molecule has 0 saturated carbocycles. The van der Waals surface area contributed by atoms with Crippen molar-refractivity contribution in [2.75, 3.05) is 22.9 Å². The highest BCUT2D eigenvalue weighted by Gasteiger charge is 2.42. The molecule has 2 saturated heterocycles. The van der Waals surface area contributed by atoms with Crippen LogP contribution in [0.25, 0.3) is 0 Å². The summed E-state index contributed by atoms with van der Waals surface area (Å²) in [5.74, 6) is 0.763. The van der Waals surface area contributed by atoms with Crippen molar-refractivity contribution in [3.8, 4) is 0 Å². The molecule has 196 valence electrons. The van der Waals surface area contributed by atoms with Gasteiger partial charge in [-0.05, 0) is 81.2 Å². The van der Waals surface area contributed by atoms with Crippen LogP contribution in [0.1, 0.15) is 54.5 Å². The number of hydrogen-bond acceptors (Lipinski definition) is 5. The molecule has 6 rings (SSSR count). The van der Waals surface area contributed by atoms with Crippen molar-refractivity contribution >= 4 is 40.3 Å². The largest absolute Gasteiger partial charge is 0.370 e. The van der Waals surface area contributed by atoms with Gasteiger partial charge in [0, 0.05) is 41.9 Å². The number of rotatable bonds is 5. The van der Waals surface area contributed by atoms with E-state index in [1.54, 1.807) is 12.7 Å². The van der Waals surface area contributed by atoms with Crippen LogP contribution in [0.3, 0.4) is 0 Å². The molecule has 1 aromatic carbocycles. The van der Waals surface area contributed by atoms with Gasteiger partial charge in [0.1, 0.15) is 12.7 Å². The Hall–Kier alpha value is -3.43. The van der Waals surface area contributed by atoms with Gasteiger partial charge in [-0.25, -0.2) is 4.68 Å². The Morgan fingerprint density at radius 1 is 1.03 bits per heavy atom. The quantitative estimate of drug-likeness (QED) is 0.333. The zero-order chi connectivity index (χ0) is 26.4. The van der Waals surface area contributed by atoms with Crippen LogP contribution in [0.5, 0.6) is 0 Å². The molecule has 5 heterocycles. The van der Waals surface area contributed by atoms with Gasteiger partial charge in [-0.3, -0.25) is 9.66 Å². The first-order chi connectivity index (χ1) is 18.4. The van der Waals surface area contributed by atoms with Crippen molar-refractivity contribution < 1.29 is 0 Å². The molecule has 0 radical (unpaired) electrons. The van der Waals surface area contributed by atoms with Gasteiger partial charge >= 0.3 is 0 Å². The monoisotopic (exact) mass is 546 g/mol. The molecule has 2 aliphatic rings. The number of thiocarbonyl (C=S) groups is 1. The zero-order valence-electron chi connectivity index (χ0n) is 21.8. The van der Waals surface area contributed by atoms with Gasteiger partial charge in [-0.1, -0.05) is 24.6 Å². The molecule has 0 spiro atoms. The molecule has 0 amide bonds. The average Bonchev–Trinajstić information content (AvgIpc) is 3.63. The van der Waals surface area contributed by atoms with Gasteiger partial charge in [0.15, 0.2) is 5.11 Å². The van der Waals surface area contributed by atoms with Crippen LogP contribution in [-0.2, 0) is 0 Å². The fourth-order valence-corrected chi connectivity index (χ4v) is 6.47. The molecular formula is C28H31ClN8S. The standard InChI is InChI=1S/C28H31ClN8S/c1-18-9-12-34(13-10-18)25-8-7-21(15-23(25)29)36-27(26(33-28(36)38)24-6-4-5-11-30-24)22-14-19(2)37(20(22)3)35-16-31-32-17-35/h4-8,11,14-18,26-27H,9-10,12-13H2,1-3H3,(H,33,38)/t26-,27-/m0/s1. The van der Waals surface area contributed by atoms with Crippen LogP contribution in [0, 0.1) is 19.8 Å². The molecule has 0 unspecified atom stereocenters. The first kappa shape index (κ1) is 24.9. The number of nitrogens with zero attached hydrogens (tertiary/aromatic N) is 7. The first-order valence-corrected chi connectivity index (χ1v) is 13.8. The minimum atomic E-state index is -0.138. The normalized spacial score (nSPS) is 20.3. The van der Waals surface area contributed by atoms with E-state index in [1.165, 1.54) is 12.8 Å². The van der Waals surface area contributed by atoms with Gasteiger partial charge in [0.05, 0.1) is 28.5 Å². The third kappa shape index (κ3) is 4.33. The maximum Gasteiger partial charge on any atom is 0.174 e. The van der Waals surface area contributed by atoms with E-state index in [0.717, 1.165) is 58.1 Å². The summed E-state index contributed by atoms with van der Waals surface area (Å²) in [5, 5.41) is 13.0. The second kappa shape index (κ2) is 10.0. The fourth-order valence-electron chi connectivity index (χ4n) is 5.83. The second-order valence-corrected chi connectivity index (χ2v) is 11.1. The van der Waals surface area contributed by atoms with E-state index < -0.39 is 0 Å². The maximum atomic E-state index is 6.93. The molecule has 1 N–H and O–H groups in total. The molecule has 38 heavy (non-hydrogen) atoms. The van der Waals surface area contributed by atoms with Crippen LogP contribution < -0.4 is 15.1 Å². The topological polar surface area (TPSA) is 67.0 Å². The first-order valence-electron chi connectivity index (χ1n) is 13.0. The second-order valence-electron chi connectivity index (χ2n) is 10.3. The highest BCUT2D eigenvalue weighted by Crippen LogP contribution is 2.44. The Bertz CT molecular complexity index is 1440. The minimum Gasteiger partial charge on any atom is -0.370 e. The predicted octanol–water partition coefficient (Wildman–Crippen LogP) is 5.47. The lowest BCUT2D eigenvalue weighted by Gasteiger charge is -2.33. The van der Waals surface area contributed by atoms with Gasteiger partial charge in [0.2, 0.25) is 0 Å². The van der Waals surface area contributed by atoms with E-state index >= 15 is 0 Å². The number of benzene rings is 1. The van der Waals surface area contributed by atoms with Crippen LogP contribution in [0.15, 0.2) is 61.3 Å². The molecule has 4 aromatic rings. The van der Waals surface area contributed by atoms with Gasteiger partial charge in [-0.2, -0.15) is 0 Å². The Morgan fingerprint density at radius 3 is 2.47 bits per heavy atom. The number of hydrogen-bond donors (Lipinski definition) is 1. The molecule has 8 nitrogen and oxygen atoms in total. The SMILES string of the molecule is Cc1cc([C@H]2[C@H](c3ccccn3)NC(=S)N2c2ccc(N3CCC(C)CC3)c(Cl)c2)c(C)n1-n1cnnc1. The van der Waals surface area contributed by atoms with E-state index in [4.69, 9.17) is 28.8 Å². The van der Waals surface area contributed by atoms with Crippen molar-refractivity contribution in [2.24, 2.45) is 5.92 Å². The number of piperidine rings is 1. The predicted molar refractivity (Wildman–Crippen MR) is 155 cm³/mol. The van der Waals surface area contributed by atoms with E-state index in [-0.39, 0.29) is 12.1 Å². The lowest BCUT2D eigenvalue weighted by atomic mass is 9.96. The summed E-state index contributed by atoms with van der Waals surface area (Å²) in [5.41, 5.74) is 6.27. The lowest BCUT2D eigenvalue weighted by Crippen LogP contribution is -2.33. The molecule has 3 aromatic heterocycles. The number of aromatic nitrogens is 5. The van der Waals surface area contributed by atoms with Crippen LogP contribution in [-0.4, -0.2) is 42.7 Å². The van der Waals surface area contributed by atoms with Crippen molar-refractivity contribution in [1.82, 2.24) is 29.9 Å². The Kier molecular flexibility index (Phi) is 6.57. The third-order valence-corrected chi connectivity index (χ3v) is 8.44. The Labute approximate surface area is 233 Å². The molecule has 2 fully saturated rings. The summed E-state index contributed by atoms with van der Waals surface area (Å²) in [7, 11) is 0. The highest BCUT2D eigenvalue weighted by molar-refractivity contribution is 7.80. The molecular weight excluding hydrogens is 516 g/mol. The van der Waals surface area contributed by atoms with Crippen LogP contribution >= 0.6 is 23.8 Å². The van der Waals surface area contributed by atoms with Gasteiger partial charge < -0.3 is 15.1 Å². The summed E-state index contributed by atoms with van der Waals surface area (Å²) < 4.78 is 4.00. The van der Waals surface area contributed by atoms with Gasteiger partial charge in [0.25, 0.3) is 0 Å². The number of anilines is 2. The van der Waals surface area contributed by atoms with E-state index in [2.05, 4.69) is 75.0 Å². The van der Waals surface area contributed by atoms with Crippen molar-refractivity contribution in [1.29, 1.82) is 0 Å². The number of halogens is 1.